The molecule has 7 heteroatoms. The van der Waals surface area contributed by atoms with Crippen LogP contribution in [-0.2, 0) is 0 Å². The highest BCUT2D eigenvalue weighted by molar-refractivity contribution is 5.96. The predicted molar refractivity (Wildman–Crippen MR) is 115 cm³/mol. The second kappa shape index (κ2) is 7.97. The lowest BCUT2D eigenvalue weighted by Gasteiger charge is -2.34. The van der Waals surface area contributed by atoms with Gasteiger partial charge in [0.1, 0.15) is 23.1 Å². The molecule has 3 atom stereocenters. The summed E-state index contributed by atoms with van der Waals surface area (Å²) in [5.74, 6) is 1.96. The number of carbonyl (C=O) groups is 1. The van der Waals surface area contributed by atoms with Crippen LogP contribution in [0.3, 0.4) is 0 Å². The zero-order valence-electron chi connectivity index (χ0n) is 18.3. The lowest BCUT2D eigenvalue weighted by Crippen LogP contribution is -2.35. The van der Waals surface area contributed by atoms with Crippen LogP contribution in [0.1, 0.15) is 39.2 Å². The molecule has 0 radical (unpaired) electrons. The Balaban J connectivity index is 1.48. The molecule has 166 valence electrons. The highest BCUT2D eigenvalue weighted by Gasteiger charge is 2.49. The molecule has 0 aliphatic carbocycles. The fourth-order valence-corrected chi connectivity index (χ4v) is 4.86. The van der Waals surface area contributed by atoms with Gasteiger partial charge in [0.2, 0.25) is 5.88 Å². The van der Waals surface area contributed by atoms with Gasteiger partial charge in [0.25, 0.3) is 5.91 Å². The normalized spacial score (nSPS) is 21.6. The van der Waals surface area contributed by atoms with E-state index in [1.807, 2.05) is 36.9 Å². The SMILES string of the molecule is Cc1cccc(OC[C@@H]2CN(C(=O)c3cc(C)oc3C)[C@H]3c4cc(F)ccc4OC[C@@H]23)n1. The molecule has 32 heavy (non-hydrogen) atoms. The van der Waals surface area contributed by atoms with Crippen molar-refractivity contribution in [1.82, 2.24) is 9.88 Å². The molecule has 5 rings (SSSR count). The Morgan fingerprint density at radius 2 is 2.06 bits per heavy atom. The van der Waals surface area contributed by atoms with E-state index in [0.29, 0.717) is 54.0 Å². The second-order valence-corrected chi connectivity index (χ2v) is 8.57. The van der Waals surface area contributed by atoms with Gasteiger partial charge in [-0.25, -0.2) is 9.37 Å². The molecule has 0 N–H and O–H groups in total. The van der Waals surface area contributed by atoms with E-state index in [1.165, 1.54) is 12.1 Å². The van der Waals surface area contributed by atoms with Crippen LogP contribution in [0.5, 0.6) is 11.6 Å². The highest BCUT2D eigenvalue weighted by Crippen LogP contribution is 2.48. The Bertz CT molecular complexity index is 1170. The number of aromatic nitrogens is 1. The maximum absolute atomic E-state index is 14.2. The van der Waals surface area contributed by atoms with Crippen molar-refractivity contribution in [1.29, 1.82) is 0 Å². The van der Waals surface area contributed by atoms with Gasteiger partial charge in [0, 0.05) is 35.7 Å². The van der Waals surface area contributed by atoms with E-state index in [-0.39, 0.29) is 29.6 Å². The van der Waals surface area contributed by atoms with Crippen molar-refractivity contribution in [3.05, 3.63) is 76.6 Å². The van der Waals surface area contributed by atoms with Crippen LogP contribution < -0.4 is 9.47 Å². The fraction of sp³-hybridized carbons (Fsp3) is 0.360. The number of nitrogens with zero attached hydrogens (tertiary/aromatic N) is 2. The molecule has 0 spiro atoms. The van der Waals surface area contributed by atoms with Crippen molar-refractivity contribution in [2.24, 2.45) is 11.8 Å². The Labute approximate surface area is 186 Å². The minimum Gasteiger partial charge on any atom is -0.493 e. The quantitative estimate of drug-likeness (QED) is 0.596. The standard InChI is InChI=1S/C25H25FN2O4/c1-14-5-4-6-23(27-14)31-12-17-11-28(25(29)19-9-15(2)32-16(19)3)24-20-10-18(26)7-8-22(20)30-13-21(17)24/h4-10,17,21,24H,11-13H2,1-3H3/t17-,21-,24-/m0/s1. The molecule has 4 heterocycles. The summed E-state index contributed by atoms with van der Waals surface area (Å²) in [6.07, 6.45) is 0. The first-order chi connectivity index (χ1) is 15.4. The third-order valence-corrected chi connectivity index (χ3v) is 6.34. The molecule has 1 fully saturated rings. The monoisotopic (exact) mass is 436 g/mol. The van der Waals surface area contributed by atoms with E-state index < -0.39 is 0 Å². The summed E-state index contributed by atoms with van der Waals surface area (Å²) in [6.45, 7) is 6.82. The van der Waals surface area contributed by atoms with Gasteiger partial charge in [0.05, 0.1) is 24.8 Å². The van der Waals surface area contributed by atoms with Crippen molar-refractivity contribution >= 4 is 5.91 Å². The molecule has 1 aromatic carbocycles. The van der Waals surface area contributed by atoms with E-state index >= 15 is 0 Å². The van der Waals surface area contributed by atoms with E-state index in [4.69, 9.17) is 13.9 Å². The number of pyridine rings is 1. The number of carbonyl (C=O) groups excluding carboxylic acids is 1. The number of hydrogen-bond donors (Lipinski definition) is 0. The predicted octanol–water partition coefficient (Wildman–Crippen LogP) is 4.64. The first-order valence-electron chi connectivity index (χ1n) is 10.8. The molecule has 3 aromatic rings. The summed E-state index contributed by atoms with van der Waals surface area (Å²) in [5.41, 5.74) is 2.11. The summed E-state index contributed by atoms with van der Waals surface area (Å²) < 4.78 is 31.7. The molecule has 1 amide bonds. The zero-order chi connectivity index (χ0) is 22.4. The van der Waals surface area contributed by atoms with Gasteiger partial charge in [-0.2, -0.15) is 0 Å². The summed E-state index contributed by atoms with van der Waals surface area (Å²) in [5, 5.41) is 0. The van der Waals surface area contributed by atoms with E-state index in [9.17, 15) is 9.18 Å². The molecular weight excluding hydrogens is 411 g/mol. The molecule has 2 aromatic heterocycles. The largest absolute Gasteiger partial charge is 0.493 e. The molecule has 6 nitrogen and oxygen atoms in total. The van der Waals surface area contributed by atoms with Crippen LogP contribution in [0.2, 0.25) is 0 Å². The molecular formula is C25H25FN2O4. The van der Waals surface area contributed by atoms with Crippen molar-refractivity contribution in [2.45, 2.75) is 26.8 Å². The topological polar surface area (TPSA) is 64.8 Å². The van der Waals surface area contributed by atoms with Gasteiger partial charge in [-0.15, -0.1) is 0 Å². The lowest BCUT2D eigenvalue weighted by molar-refractivity contribution is 0.0672. The Kier molecular flexibility index (Phi) is 5.12. The van der Waals surface area contributed by atoms with Gasteiger partial charge in [0.15, 0.2) is 0 Å². The van der Waals surface area contributed by atoms with Gasteiger partial charge in [-0.3, -0.25) is 4.79 Å². The number of amides is 1. The average Bonchev–Trinajstić information content (AvgIpc) is 3.31. The Morgan fingerprint density at radius 1 is 1.22 bits per heavy atom. The van der Waals surface area contributed by atoms with Crippen molar-refractivity contribution in [3.8, 4) is 11.6 Å². The number of likely N-dealkylation sites (tertiary alicyclic amines) is 1. The number of ether oxygens (including phenoxy) is 2. The maximum atomic E-state index is 14.2. The summed E-state index contributed by atoms with van der Waals surface area (Å²) in [4.78, 5) is 19.8. The van der Waals surface area contributed by atoms with Crippen LogP contribution >= 0.6 is 0 Å². The number of rotatable bonds is 4. The van der Waals surface area contributed by atoms with Gasteiger partial charge >= 0.3 is 0 Å². The highest BCUT2D eigenvalue weighted by atomic mass is 19.1. The molecule has 0 saturated carbocycles. The second-order valence-electron chi connectivity index (χ2n) is 8.57. The Morgan fingerprint density at radius 3 is 2.81 bits per heavy atom. The Hall–Kier alpha value is -3.35. The van der Waals surface area contributed by atoms with Gasteiger partial charge in [-0.05, 0) is 51.1 Å². The number of hydrogen-bond acceptors (Lipinski definition) is 5. The molecule has 1 saturated heterocycles. The third-order valence-electron chi connectivity index (χ3n) is 6.34. The number of furan rings is 1. The average molecular weight is 436 g/mol. The van der Waals surface area contributed by atoms with Crippen LogP contribution in [0.4, 0.5) is 4.39 Å². The fourth-order valence-electron chi connectivity index (χ4n) is 4.86. The maximum Gasteiger partial charge on any atom is 0.257 e. The smallest absolute Gasteiger partial charge is 0.257 e. The third kappa shape index (κ3) is 3.61. The van der Waals surface area contributed by atoms with Crippen molar-refractivity contribution < 1.29 is 23.1 Å². The van der Waals surface area contributed by atoms with Crippen LogP contribution in [0.25, 0.3) is 0 Å². The minimum atomic E-state index is -0.348. The molecule has 0 bridgehead atoms. The minimum absolute atomic E-state index is 0.0102. The summed E-state index contributed by atoms with van der Waals surface area (Å²) in [7, 11) is 0. The van der Waals surface area contributed by atoms with Crippen molar-refractivity contribution in [3.63, 3.8) is 0 Å². The van der Waals surface area contributed by atoms with Crippen LogP contribution in [0, 0.1) is 38.4 Å². The van der Waals surface area contributed by atoms with Crippen molar-refractivity contribution in [2.75, 3.05) is 19.8 Å². The zero-order valence-corrected chi connectivity index (χ0v) is 18.3. The van der Waals surface area contributed by atoms with E-state index in [2.05, 4.69) is 4.98 Å². The van der Waals surface area contributed by atoms with E-state index in [0.717, 1.165) is 5.69 Å². The first kappa shape index (κ1) is 20.5. The van der Waals surface area contributed by atoms with E-state index in [1.54, 1.807) is 19.1 Å². The summed E-state index contributed by atoms with van der Waals surface area (Å²) >= 11 is 0. The number of aryl methyl sites for hydroxylation is 3. The lowest BCUT2D eigenvalue weighted by atomic mass is 9.85. The molecule has 2 aliphatic rings. The van der Waals surface area contributed by atoms with Gasteiger partial charge in [-0.1, -0.05) is 6.07 Å². The first-order valence-corrected chi connectivity index (χ1v) is 10.8. The molecule has 0 unspecified atom stereocenters. The number of halogens is 1. The van der Waals surface area contributed by atoms with Crippen LogP contribution in [-0.4, -0.2) is 35.5 Å². The summed E-state index contributed by atoms with van der Waals surface area (Å²) in [6, 6.07) is 11.6. The number of fused-ring (bicyclic) bond motifs is 3. The molecule has 2 aliphatic heterocycles. The van der Waals surface area contributed by atoms with Gasteiger partial charge < -0.3 is 18.8 Å². The van der Waals surface area contributed by atoms with Crippen LogP contribution in [0.15, 0.2) is 46.9 Å². The number of benzene rings is 1.